The third-order valence-electron chi connectivity index (χ3n) is 5.91. The van der Waals surface area contributed by atoms with Crippen LogP contribution in [0.4, 0.5) is 5.95 Å². The Morgan fingerprint density at radius 2 is 1.97 bits per heavy atom. The lowest BCUT2D eigenvalue weighted by atomic mass is 9.92. The van der Waals surface area contributed by atoms with Gasteiger partial charge in [0.15, 0.2) is 0 Å². The fraction of sp³-hybridized carbons (Fsp3) is 0.429. The van der Waals surface area contributed by atoms with E-state index in [1.165, 1.54) is 19.3 Å². The summed E-state index contributed by atoms with van der Waals surface area (Å²) in [5.41, 5.74) is 3.04. The van der Waals surface area contributed by atoms with Crippen molar-refractivity contribution >= 4 is 5.95 Å². The first-order valence-electron chi connectivity index (χ1n) is 10.2. The molecule has 0 bridgehead atoms. The van der Waals surface area contributed by atoms with Gasteiger partial charge in [0, 0.05) is 49.5 Å². The SMILES string of the molecule is Cn1cc(-c2ccc(-c3cnc(N4CC[C@H](NC5CCC5)C4)nn3)c(O)c2)cn1. The molecule has 150 valence electrons. The lowest BCUT2D eigenvalue weighted by Gasteiger charge is -2.29. The maximum Gasteiger partial charge on any atom is 0.245 e. The molecule has 2 aliphatic rings. The van der Waals surface area contributed by atoms with Crippen LogP contribution in [0.25, 0.3) is 22.4 Å². The zero-order chi connectivity index (χ0) is 19.8. The van der Waals surface area contributed by atoms with Crippen LogP contribution in [0.5, 0.6) is 5.75 Å². The van der Waals surface area contributed by atoms with Gasteiger partial charge in [-0.25, -0.2) is 4.98 Å². The molecule has 2 aromatic heterocycles. The molecule has 1 aromatic carbocycles. The molecule has 29 heavy (non-hydrogen) atoms. The number of rotatable bonds is 5. The molecule has 0 amide bonds. The van der Waals surface area contributed by atoms with Gasteiger partial charge in [-0.15, -0.1) is 10.2 Å². The van der Waals surface area contributed by atoms with E-state index in [1.54, 1.807) is 23.1 Å². The Kier molecular flexibility index (Phi) is 4.63. The van der Waals surface area contributed by atoms with E-state index in [2.05, 4.69) is 30.5 Å². The Morgan fingerprint density at radius 3 is 2.62 bits per heavy atom. The molecule has 2 fully saturated rings. The van der Waals surface area contributed by atoms with Crippen molar-refractivity contribution in [1.29, 1.82) is 0 Å². The maximum atomic E-state index is 10.5. The molecule has 8 nitrogen and oxygen atoms in total. The summed E-state index contributed by atoms with van der Waals surface area (Å²) in [6.07, 6.45) is 10.4. The summed E-state index contributed by atoms with van der Waals surface area (Å²) in [6, 6.07) is 6.71. The largest absolute Gasteiger partial charge is 0.507 e. The number of phenolic OH excluding ortho intramolecular Hbond substituents is 1. The molecular weight excluding hydrogens is 366 g/mol. The summed E-state index contributed by atoms with van der Waals surface area (Å²) in [5.74, 6) is 0.805. The molecule has 1 atom stereocenters. The van der Waals surface area contributed by atoms with Crippen LogP contribution in [-0.2, 0) is 7.05 Å². The first-order chi connectivity index (χ1) is 14.2. The molecule has 1 saturated carbocycles. The van der Waals surface area contributed by atoms with E-state index < -0.39 is 0 Å². The zero-order valence-corrected chi connectivity index (χ0v) is 16.5. The summed E-state index contributed by atoms with van der Waals surface area (Å²) >= 11 is 0. The number of aromatic nitrogens is 5. The number of nitrogens with zero attached hydrogens (tertiary/aromatic N) is 6. The second kappa shape index (κ2) is 7.44. The highest BCUT2D eigenvalue weighted by molar-refractivity contribution is 5.73. The number of nitrogens with one attached hydrogen (secondary N) is 1. The molecule has 5 rings (SSSR count). The molecule has 2 N–H and O–H groups in total. The van der Waals surface area contributed by atoms with E-state index in [-0.39, 0.29) is 5.75 Å². The number of aryl methyl sites for hydroxylation is 1. The number of hydrogen-bond acceptors (Lipinski definition) is 7. The van der Waals surface area contributed by atoms with Crippen LogP contribution in [0.3, 0.4) is 0 Å². The standard InChI is InChI=1S/C21H25N7O/c1-27-12-15(10-23-27)14-5-6-18(20(29)9-14)19-11-22-21(26-25-19)28-8-7-17(13-28)24-16-3-2-4-16/h5-6,9-12,16-17,24,29H,2-4,7-8,13H2,1H3/t17-/m0/s1. The number of anilines is 1. The second-order valence-electron chi connectivity index (χ2n) is 8.00. The van der Waals surface area contributed by atoms with Crippen LogP contribution in [0.15, 0.2) is 36.8 Å². The predicted octanol–water partition coefficient (Wildman–Crippen LogP) is 2.37. The quantitative estimate of drug-likeness (QED) is 0.690. The van der Waals surface area contributed by atoms with Gasteiger partial charge >= 0.3 is 0 Å². The maximum absolute atomic E-state index is 10.5. The Bertz CT molecular complexity index is 997. The molecule has 1 aliphatic heterocycles. The van der Waals surface area contributed by atoms with Gasteiger partial charge in [0.25, 0.3) is 0 Å². The van der Waals surface area contributed by atoms with Crippen molar-refractivity contribution in [2.24, 2.45) is 7.05 Å². The number of aromatic hydroxyl groups is 1. The molecule has 0 unspecified atom stereocenters. The van der Waals surface area contributed by atoms with E-state index in [4.69, 9.17) is 0 Å². The topological polar surface area (TPSA) is 92.0 Å². The van der Waals surface area contributed by atoms with Gasteiger partial charge in [-0.2, -0.15) is 5.10 Å². The van der Waals surface area contributed by atoms with E-state index in [0.29, 0.717) is 29.3 Å². The minimum atomic E-state index is 0.154. The smallest absolute Gasteiger partial charge is 0.245 e. The monoisotopic (exact) mass is 391 g/mol. The van der Waals surface area contributed by atoms with E-state index >= 15 is 0 Å². The van der Waals surface area contributed by atoms with Crippen LogP contribution in [-0.4, -0.2) is 55.2 Å². The number of benzene rings is 1. The van der Waals surface area contributed by atoms with Crippen molar-refractivity contribution in [2.45, 2.75) is 37.8 Å². The van der Waals surface area contributed by atoms with Crippen molar-refractivity contribution in [3.05, 3.63) is 36.8 Å². The Labute approximate surface area is 169 Å². The highest BCUT2D eigenvalue weighted by Crippen LogP contribution is 2.32. The van der Waals surface area contributed by atoms with E-state index in [1.807, 2.05) is 25.4 Å². The van der Waals surface area contributed by atoms with Gasteiger partial charge in [-0.3, -0.25) is 4.68 Å². The lowest BCUT2D eigenvalue weighted by Crippen LogP contribution is -2.43. The number of hydrogen-bond donors (Lipinski definition) is 2. The summed E-state index contributed by atoms with van der Waals surface area (Å²) in [4.78, 5) is 6.69. The van der Waals surface area contributed by atoms with Crippen LogP contribution in [0.2, 0.25) is 0 Å². The predicted molar refractivity (Wildman–Crippen MR) is 111 cm³/mol. The van der Waals surface area contributed by atoms with Crippen molar-refractivity contribution in [2.75, 3.05) is 18.0 Å². The molecule has 1 saturated heterocycles. The van der Waals surface area contributed by atoms with Crippen LogP contribution < -0.4 is 10.2 Å². The van der Waals surface area contributed by atoms with E-state index in [9.17, 15) is 5.11 Å². The Morgan fingerprint density at radius 1 is 1.07 bits per heavy atom. The van der Waals surface area contributed by atoms with Gasteiger partial charge in [-0.05, 0) is 37.0 Å². The molecular formula is C21H25N7O. The zero-order valence-electron chi connectivity index (χ0n) is 16.5. The molecule has 8 heteroatoms. The molecule has 0 radical (unpaired) electrons. The Balaban J connectivity index is 1.29. The second-order valence-corrected chi connectivity index (χ2v) is 8.00. The van der Waals surface area contributed by atoms with Crippen LogP contribution in [0, 0.1) is 0 Å². The van der Waals surface area contributed by atoms with Crippen molar-refractivity contribution in [1.82, 2.24) is 30.3 Å². The highest BCUT2D eigenvalue weighted by Gasteiger charge is 2.28. The van der Waals surface area contributed by atoms with Crippen LogP contribution >= 0.6 is 0 Å². The van der Waals surface area contributed by atoms with Crippen molar-refractivity contribution < 1.29 is 5.11 Å². The first-order valence-corrected chi connectivity index (χ1v) is 10.2. The van der Waals surface area contributed by atoms with Gasteiger partial charge < -0.3 is 15.3 Å². The lowest BCUT2D eigenvalue weighted by molar-refractivity contribution is 0.311. The number of phenols is 1. The summed E-state index contributed by atoms with van der Waals surface area (Å²) < 4.78 is 1.74. The normalized spacial score (nSPS) is 19.5. The first kappa shape index (κ1) is 18.1. The van der Waals surface area contributed by atoms with Crippen molar-refractivity contribution in [3.8, 4) is 28.1 Å². The minimum Gasteiger partial charge on any atom is -0.507 e. The third kappa shape index (κ3) is 3.67. The van der Waals surface area contributed by atoms with Gasteiger partial charge in [0.05, 0.1) is 12.4 Å². The molecule has 0 spiro atoms. The van der Waals surface area contributed by atoms with Crippen molar-refractivity contribution in [3.63, 3.8) is 0 Å². The van der Waals surface area contributed by atoms with Crippen LogP contribution in [0.1, 0.15) is 25.7 Å². The van der Waals surface area contributed by atoms with Gasteiger partial charge in [0.2, 0.25) is 5.95 Å². The fourth-order valence-electron chi connectivity index (χ4n) is 4.02. The van der Waals surface area contributed by atoms with Gasteiger partial charge in [0.1, 0.15) is 11.4 Å². The minimum absolute atomic E-state index is 0.154. The van der Waals surface area contributed by atoms with Gasteiger partial charge in [-0.1, -0.05) is 12.5 Å². The summed E-state index contributed by atoms with van der Waals surface area (Å²) in [5, 5.41) is 27.0. The Hall–Kier alpha value is -3.00. The fourth-order valence-corrected chi connectivity index (χ4v) is 4.02. The third-order valence-corrected chi connectivity index (χ3v) is 5.91. The molecule has 3 aromatic rings. The average Bonchev–Trinajstić information content (AvgIpc) is 3.34. The average molecular weight is 391 g/mol. The summed E-state index contributed by atoms with van der Waals surface area (Å²) in [7, 11) is 1.87. The molecule has 1 aliphatic carbocycles. The highest BCUT2D eigenvalue weighted by atomic mass is 16.3. The summed E-state index contributed by atoms with van der Waals surface area (Å²) in [6.45, 7) is 1.86. The van der Waals surface area contributed by atoms with E-state index in [0.717, 1.165) is 30.6 Å². The molecule has 3 heterocycles.